The van der Waals surface area contributed by atoms with Gasteiger partial charge < -0.3 is 15.7 Å². The van der Waals surface area contributed by atoms with Gasteiger partial charge in [0.25, 0.3) is 0 Å². The van der Waals surface area contributed by atoms with Gasteiger partial charge in [-0.3, -0.25) is 4.79 Å². The van der Waals surface area contributed by atoms with E-state index in [1.165, 1.54) is 6.07 Å². The summed E-state index contributed by atoms with van der Waals surface area (Å²) in [6, 6.07) is 3.59. The van der Waals surface area contributed by atoms with Crippen molar-refractivity contribution >= 4 is 17.6 Å². The maximum Gasteiger partial charge on any atom is 0.338 e. The summed E-state index contributed by atoms with van der Waals surface area (Å²) >= 11 is 0. The van der Waals surface area contributed by atoms with Gasteiger partial charge in [-0.25, -0.2) is 9.18 Å². The monoisotopic (exact) mass is 294 g/mol. The van der Waals surface area contributed by atoms with Crippen molar-refractivity contribution in [2.24, 2.45) is 5.41 Å². The second-order valence-corrected chi connectivity index (χ2v) is 5.34. The van der Waals surface area contributed by atoms with Gasteiger partial charge in [0.05, 0.1) is 11.0 Å². The first-order valence-corrected chi connectivity index (χ1v) is 7.03. The van der Waals surface area contributed by atoms with E-state index in [1.54, 1.807) is 0 Å². The maximum atomic E-state index is 13.4. The summed E-state index contributed by atoms with van der Waals surface area (Å²) < 4.78 is 13.4. The molecule has 2 rings (SSSR count). The topological polar surface area (TPSA) is 78.4 Å². The molecule has 0 spiro atoms. The number of hydrogen-bond donors (Lipinski definition) is 3. The molecule has 114 valence electrons. The average molecular weight is 294 g/mol. The van der Waals surface area contributed by atoms with Crippen LogP contribution in [0.25, 0.3) is 0 Å². The Kier molecular flexibility index (Phi) is 4.57. The van der Waals surface area contributed by atoms with Crippen LogP contribution >= 0.6 is 0 Å². The van der Waals surface area contributed by atoms with E-state index in [9.17, 15) is 14.0 Å². The number of carbonyl (C=O) groups excluding carboxylic acids is 1. The molecule has 5 nitrogen and oxygen atoms in total. The number of carboxylic acid groups (broad SMARTS) is 1. The first-order valence-electron chi connectivity index (χ1n) is 7.03. The van der Waals surface area contributed by atoms with Crippen molar-refractivity contribution in [1.29, 1.82) is 0 Å². The molecule has 0 aromatic heterocycles. The number of hydrogen-bond acceptors (Lipinski definition) is 3. The molecule has 0 saturated carbocycles. The van der Waals surface area contributed by atoms with E-state index in [-0.39, 0.29) is 5.91 Å². The number of aromatic carboxylic acids is 1. The third-order valence-corrected chi connectivity index (χ3v) is 4.17. The van der Waals surface area contributed by atoms with Gasteiger partial charge >= 0.3 is 5.97 Å². The summed E-state index contributed by atoms with van der Waals surface area (Å²) in [7, 11) is 0. The van der Waals surface area contributed by atoms with Crippen LogP contribution in [-0.4, -0.2) is 30.1 Å². The van der Waals surface area contributed by atoms with Crippen LogP contribution in [0.1, 0.15) is 36.5 Å². The lowest BCUT2D eigenvalue weighted by atomic mass is 9.76. The molecule has 1 aromatic rings. The van der Waals surface area contributed by atoms with Crippen molar-refractivity contribution in [3.05, 3.63) is 29.6 Å². The van der Waals surface area contributed by atoms with Crippen molar-refractivity contribution in [3.63, 3.8) is 0 Å². The second-order valence-electron chi connectivity index (χ2n) is 5.34. The van der Waals surface area contributed by atoms with E-state index in [2.05, 4.69) is 10.6 Å². The minimum atomic E-state index is -1.35. The normalized spacial score (nSPS) is 17.2. The summed E-state index contributed by atoms with van der Waals surface area (Å²) in [6.07, 6.45) is 2.19. The SMILES string of the molecule is CCC1(C(=O)Nc2ccc(F)c(C(=O)O)c2)CCNCC1. The van der Waals surface area contributed by atoms with E-state index in [1.807, 2.05) is 6.92 Å². The second kappa shape index (κ2) is 6.22. The Morgan fingerprint density at radius 1 is 1.38 bits per heavy atom. The number of carboxylic acids is 1. The molecule has 0 atom stereocenters. The molecule has 1 heterocycles. The molecule has 3 N–H and O–H groups in total. The third kappa shape index (κ3) is 3.21. The lowest BCUT2D eigenvalue weighted by molar-refractivity contribution is -0.127. The summed E-state index contributed by atoms with van der Waals surface area (Å²) in [5.74, 6) is -2.29. The highest BCUT2D eigenvalue weighted by molar-refractivity contribution is 5.97. The molecule has 1 amide bonds. The fourth-order valence-corrected chi connectivity index (χ4v) is 2.68. The molecule has 1 aliphatic heterocycles. The molecular weight excluding hydrogens is 275 g/mol. The Hall–Kier alpha value is -1.95. The summed E-state index contributed by atoms with van der Waals surface area (Å²) in [5, 5.41) is 14.9. The van der Waals surface area contributed by atoms with Gasteiger partial charge in [0.1, 0.15) is 5.82 Å². The van der Waals surface area contributed by atoms with Crippen molar-refractivity contribution in [2.45, 2.75) is 26.2 Å². The molecule has 0 radical (unpaired) electrons. The fraction of sp³-hybridized carbons (Fsp3) is 0.467. The highest BCUT2D eigenvalue weighted by atomic mass is 19.1. The predicted molar refractivity (Wildman–Crippen MR) is 76.8 cm³/mol. The first kappa shape index (κ1) is 15.4. The van der Waals surface area contributed by atoms with Crippen LogP contribution in [0.4, 0.5) is 10.1 Å². The summed E-state index contributed by atoms with van der Waals surface area (Å²) in [6.45, 7) is 3.54. The Labute approximate surface area is 122 Å². The Balaban J connectivity index is 2.19. The fourth-order valence-electron chi connectivity index (χ4n) is 2.68. The zero-order valence-electron chi connectivity index (χ0n) is 11.9. The van der Waals surface area contributed by atoms with Crippen LogP contribution < -0.4 is 10.6 Å². The van der Waals surface area contributed by atoms with Crippen LogP contribution in [0.15, 0.2) is 18.2 Å². The van der Waals surface area contributed by atoms with Gasteiger partial charge in [-0.2, -0.15) is 0 Å². The largest absolute Gasteiger partial charge is 0.478 e. The van der Waals surface area contributed by atoms with Gasteiger partial charge in [-0.15, -0.1) is 0 Å². The van der Waals surface area contributed by atoms with Crippen molar-refractivity contribution in [1.82, 2.24) is 5.32 Å². The van der Waals surface area contributed by atoms with E-state index < -0.39 is 22.8 Å². The van der Waals surface area contributed by atoms with E-state index in [0.717, 1.165) is 38.1 Å². The molecule has 0 bridgehead atoms. The summed E-state index contributed by atoms with van der Waals surface area (Å²) in [4.78, 5) is 23.4. The maximum absolute atomic E-state index is 13.4. The number of rotatable bonds is 4. The van der Waals surface area contributed by atoms with E-state index in [0.29, 0.717) is 12.1 Å². The van der Waals surface area contributed by atoms with Gasteiger partial charge in [-0.05, 0) is 50.6 Å². The third-order valence-electron chi connectivity index (χ3n) is 4.17. The van der Waals surface area contributed by atoms with Crippen LogP contribution in [-0.2, 0) is 4.79 Å². The van der Waals surface area contributed by atoms with Gasteiger partial charge in [0.2, 0.25) is 5.91 Å². The Morgan fingerprint density at radius 2 is 2.05 bits per heavy atom. The van der Waals surface area contributed by atoms with Crippen molar-refractivity contribution in [3.8, 4) is 0 Å². The Morgan fingerprint density at radius 3 is 2.62 bits per heavy atom. The lowest BCUT2D eigenvalue weighted by Crippen LogP contribution is -2.44. The number of benzene rings is 1. The molecule has 21 heavy (non-hydrogen) atoms. The number of carbonyl (C=O) groups is 2. The van der Waals surface area contributed by atoms with E-state index >= 15 is 0 Å². The number of amides is 1. The van der Waals surface area contributed by atoms with Gasteiger partial charge in [0, 0.05) is 5.69 Å². The predicted octanol–water partition coefficient (Wildman–Crippen LogP) is 2.24. The van der Waals surface area contributed by atoms with Crippen LogP contribution in [0.3, 0.4) is 0 Å². The quantitative estimate of drug-likeness (QED) is 0.796. The smallest absolute Gasteiger partial charge is 0.338 e. The van der Waals surface area contributed by atoms with Crippen molar-refractivity contribution in [2.75, 3.05) is 18.4 Å². The molecule has 6 heteroatoms. The highest BCUT2D eigenvalue weighted by Crippen LogP contribution is 2.34. The molecule has 1 saturated heterocycles. The van der Waals surface area contributed by atoms with Crippen LogP contribution in [0.2, 0.25) is 0 Å². The number of anilines is 1. The number of nitrogens with one attached hydrogen (secondary N) is 2. The molecule has 1 aliphatic rings. The standard InChI is InChI=1S/C15H19FN2O3/c1-2-15(5-7-17-8-6-15)14(21)18-10-3-4-12(16)11(9-10)13(19)20/h3-4,9,17H,2,5-8H2,1H3,(H,18,21)(H,19,20). The number of piperidine rings is 1. The summed E-state index contributed by atoms with van der Waals surface area (Å²) in [5.41, 5.74) is -0.572. The van der Waals surface area contributed by atoms with Crippen LogP contribution in [0, 0.1) is 11.2 Å². The molecule has 1 fully saturated rings. The van der Waals surface area contributed by atoms with E-state index in [4.69, 9.17) is 5.11 Å². The van der Waals surface area contributed by atoms with Gasteiger partial charge in [-0.1, -0.05) is 6.92 Å². The lowest BCUT2D eigenvalue weighted by Gasteiger charge is -2.35. The molecule has 0 aliphatic carbocycles. The minimum Gasteiger partial charge on any atom is -0.478 e. The highest BCUT2D eigenvalue weighted by Gasteiger charge is 2.37. The van der Waals surface area contributed by atoms with Crippen LogP contribution in [0.5, 0.6) is 0 Å². The van der Waals surface area contributed by atoms with Crippen molar-refractivity contribution < 1.29 is 19.1 Å². The number of halogens is 1. The Bertz CT molecular complexity index is 554. The molecule has 1 aromatic carbocycles. The molecular formula is C15H19FN2O3. The zero-order chi connectivity index (χ0) is 15.5. The zero-order valence-corrected chi connectivity index (χ0v) is 11.9. The first-order chi connectivity index (χ1) is 9.98. The average Bonchev–Trinajstić information content (AvgIpc) is 2.49. The molecule has 0 unspecified atom stereocenters. The van der Waals surface area contributed by atoms with Gasteiger partial charge in [0.15, 0.2) is 0 Å². The minimum absolute atomic E-state index is 0.130.